The highest BCUT2D eigenvalue weighted by atomic mass is 32.3. The van der Waals surface area contributed by atoms with Gasteiger partial charge in [0.15, 0.2) is 0 Å². The zero-order chi connectivity index (χ0) is 15.6. The Hall–Kier alpha value is -0.180. The second-order valence-corrected chi connectivity index (χ2v) is 8.57. The normalized spacial score (nSPS) is 13.0. The van der Waals surface area contributed by atoms with Crippen molar-refractivity contribution in [2.45, 2.75) is 75.7 Å². The van der Waals surface area contributed by atoms with Crippen LogP contribution in [-0.4, -0.2) is 30.5 Å². The Balaban J connectivity index is 3.82. The largest absolute Gasteiger partial charge is 0.284 e. The van der Waals surface area contributed by atoms with Gasteiger partial charge in [-0.2, -0.15) is 16.8 Å². The molecule has 6 nitrogen and oxygen atoms in total. The first-order valence-electron chi connectivity index (χ1n) is 7.12. The van der Waals surface area contributed by atoms with Crippen LogP contribution in [0.15, 0.2) is 0 Å². The molecule has 2 N–H and O–H groups in total. The van der Waals surface area contributed by atoms with E-state index in [0.29, 0.717) is 12.8 Å². The van der Waals surface area contributed by atoms with Crippen LogP contribution in [0.3, 0.4) is 0 Å². The third kappa shape index (κ3) is 9.68. The van der Waals surface area contributed by atoms with Crippen LogP contribution < -0.4 is 0 Å². The van der Waals surface area contributed by atoms with Gasteiger partial charge < -0.3 is 0 Å². The standard InChI is InChI=1S/C12H26O6S2/c1-2-3-4-5-6-7-8-9-10-11-12(19(13,14)15)20(16,17)18/h12H,2-11H2,1H3,(H,13,14,15)(H,16,17,18). The Morgan fingerprint density at radius 2 is 1.05 bits per heavy atom. The molecule has 0 saturated carbocycles. The van der Waals surface area contributed by atoms with Crippen LogP contribution in [0.4, 0.5) is 0 Å². The van der Waals surface area contributed by atoms with Gasteiger partial charge in [0.25, 0.3) is 20.2 Å². The zero-order valence-corrected chi connectivity index (χ0v) is 13.6. The monoisotopic (exact) mass is 330 g/mol. The van der Waals surface area contributed by atoms with E-state index in [2.05, 4.69) is 6.92 Å². The summed E-state index contributed by atoms with van der Waals surface area (Å²) in [5.74, 6) is 0. The Morgan fingerprint density at radius 1 is 0.700 bits per heavy atom. The van der Waals surface area contributed by atoms with Crippen molar-refractivity contribution in [3.8, 4) is 0 Å². The summed E-state index contributed by atoms with van der Waals surface area (Å²) < 4.78 is 58.9. The van der Waals surface area contributed by atoms with Gasteiger partial charge in [-0.25, -0.2) is 0 Å². The SMILES string of the molecule is CCCCCCCCCCCC(S(=O)(=O)O)S(=O)(=O)O. The van der Waals surface area contributed by atoms with Crippen LogP contribution in [0.25, 0.3) is 0 Å². The van der Waals surface area contributed by atoms with Crippen molar-refractivity contribution < 1.29 is 25.9 Å². The van der Waals surface area contributed by atoms with Gasteiger partial charge in [0.05, 0.1) is 0 Å². The van der Waals surface area contributed by atoms with Gasteiger partial charge in [-0.1, -0.05) is 64.7 Å². The summed E-state index contributed by atoms with van der Waals surface area (Å²) in [6, 6.07) is 0. The molecule has 0 heterocycles. The van der Waals surface area contributed by atoms with Crippen LogP contribution in [-0.2, 0) is 20.2 Å². The predicted octanol–water partition coefficient (Wildman–Crippen LogP) is 3.01. The third-order valence-corrected chi connectivity index (χ3v) is 6.47. The Morgan fingerprint density at radius 3 is 1.40 bits per heavy atom. The summed E-state index contributed by atoms with van der Waals surface area (Å²) in [6.45, 7) is 2.15. The second kappa shape index (κ2) is 9.70. The van der Waals surface area contributed by atoms with Gasteiger partial charge >= 0.3 is 0 Å². The zero-order valence-electron chi connectivity index (χ0n) is 12.0. The summed E-state index contributed by atoms with van der Waals surface area (Å²) >= 11 is 0. The van der Waals surface area contributed by atoms with Crippen molar-refractivity contribution in [1.82, 2.24) is 0 Å². The topological polar surface area (TPSA) is 109 Å². The first kappa shape index (κ1) is 19.8. The lowest BCUT2D eigenvalue weighted by Gasteiger charge is -2.10. The average Bonchev–Trinajstić information content (AvgIpc) is 2.28. The van der Waals surface area contributed by atoms with Crippen molar-refractivity contribution in [3.63, 3.8) is 0 Å². The molecule has 0 spiro atoms. The summed E-state index contributed by atoms with van der Waals surface area (Å²) in [6.07, 6.45) is 8.68. The van der Waals surface area contributed by atoms with Crippen LogP contribution in [0.5, 0.6) is 0 Å². The summed E-state index contributed by atoms with van der Waals surface area (Å²) in [4.78, 5) is 0. The van der Waals surface area contributed by atoms with Crippen molar-refractivity contribution in [3.05, 3.63) is 0 Å². The minimum absolute atomic E-state index is 0.270. The quantitative estimate of drug-likeness (QED) is 0.420. The van der Waals surface area contributed by atoms with E-state index in [4.69, 9.17) is 9.11 Å². The highest BCUT2D eigenvalue weighted by Gasteiger charge is 2.34. The van der Waals surface area contributed by atoms with E-state index in [9.17, 15) is 16.8 Å². The van der Waals surface area contributed by atoms with Crippen molar-refractivity contribution in [2.75, 3.05) is 0 Å². The molecule has 0 aliphatic heterocycles. The molecule has 0 aromatic carbocycles. The summed E-state index contributed by atoms with van der Waals surface area (Å²) in [5, 5.41) is 0. The maximum atomic E-state index is 10.9. The molecule has 0 fully saturated rings. The molecule has 0 atom stereocenters. The fourth-order valence-corrected chi connectivity index (χ4v) is 4.23. The van der Waals surface area contributed by atoms with Gasteiger partial charge in [-0.15, -0.1) is 0 Å². The minimum Gasteiger partial charge on any atom is -0.284 e. The maximum absolute atomic E-state index is 10.9. The molecule has 0 amide bonds. The van der Waals surface area contributed by atoms with Crippen molar-refractivity contribution in [1.29, 1.82) is 0 Å². The molecule has 0 aromatic rings. The fourth-order valence-electron chi connectivity index (χ4n) is 2.07. The van der Waals surface area contributed by atoms with E-state index in [1.54, 1.807) is 0 Å². The Labute approximate surface area is 122 Å². The predicted molar refractivity (Wildman–Crippen MR) is 78.7 cm³/mol. The highest BCUT2D eigenvalue weighted by Crippen LogP contribution is 2.17. The van der Waals surface area contributed by atoms with E-state index in [1.807, 2.05) is 0 Å². The van der Waals surface area contributed by atoms with Crippen molar-refractivity contribution >= 4 is 20.2 Å². The number of hydrogen-bond donors (Lipinski definition) is 2. The molecule has 0 radical (unpaired) electrons. The number of hydrogen-bond acceptors (Lipinski definition) is 4. The first-order valence-corrected chi connectivity index (χ1v) is 10.1. The molecule has 122 valence electrons. The molecular weight excluding hydrogens is 304 g/mol. The molecule has 0 aliphatic carbocycles. The number of rotatable bonds is 12. The lowest BCUT2D eigenvalue weighted by atomic mass is 10.1. The highest BCUT2D eigenvalue weighted by molar-refractivity contribution is 8.03. The third-order valence-electron chi connectivity index (χ3n) is 3.21. The van der Waals surface area contributed by atoms with Crippen LogP contribution >= 0.6 is 0 Å². The Bertz CT molecular complexity index is 409. The molecule has 0 aromatic heterocycles. The Kier molecular flexibility index (Phi) is 9.61. The average molecular weight is 330 g/mol. The molecule has 0 bridgehead atoms. The van der Waals surface area contributed by atoms with E-state index in [-0.39, 0.29) is 6.42 Å². The van der Waals surface area contributed by atoms with E-state index >= 15 is 0 Å². The maximum Gasteiger partial charge on any atom is 0.284 e. The lowest BCUT2D eigenvalue weighted by Crippen LogP contribution is -2.29. The molecular formula is C12H26O6S2. The second-order valence-electron chi connectivity index (χ2n) is 5.08. The molecule has 0 unspecified atom stereocenters. The van der Waals surface area contributed by atoms with Gasteiger partial charge in [0, 0.05) is 0 Å². The lowest BCUT2D eigenvalue weighted by molar-refractivity contribution is 0.446. The molecule has 20 heavy (non-hydrogen) atoms. The van der Waals surface area contributed by atoms with Crippen molar-refractivity contribution in [2.24, 2.45) is 0 Å². The van der Waals surface area contributed by atoms with Gasteiger partial charge in [-0.05, 0) is 6.42 Å². The van der Waals surface area contributed by atoms with Crippen LogP contribution in [0, 0.1) is 0 Å². The smallest absolute Gasteiger partial charge is 0.284 e. The van der Waals surface area contributed by atoms with Gasteiger partial charge in [-0.3, -0.25) is 9.11 Å². The summed E-state index contributed by atoms with van der Waals surface area (Å²) in [5.41, 5.74) is 0. The fraction of sp³-hybridized carbons (Fsp3) is 1.00. The first-order chi connectivity index (χ1) is 9.19. The molecule has 8 heteroatoms. The van der Waals surface area contributed by atoms with Gasteiger partial charge in [0.2, 0.25) is 4.58 Å². The molecule has 0 aliphatic rings. The van der Waals surface area contributed by atoms with Crippen LogP contribution in [0.1, 0.15) is 71.1 Å². The van der Waals surface area contributed by atoms with E-state index in [1.165, 1.54) is 25.7 Å². The van der Waals surface area contributed by atoms with E-state index < -0.39 is 24.8 Å². The van der Waals surface area contributed by atoms with Gasteiger partial charge in [0.1, 0.15) is 0 Å². The van der Waals surface area contributed by atoms with Crippen LogP contribution in [0.2, 0.25) is 0 Å². The minimum atomic E-state index is -4.77. The summed E-state index contributed by atoms with van der Waals surface area (Å²) in [7, 11) is -9.54. The molecule has 0 rings (SSSR count). The molecule has 0 saturated heterocycles. The van der Waals surface area contributed by atoms with E-state index in [0.717, 1.165) is 19.3 Å². The number of unbranched alkanes of at least 4 members (excludes halogenated alkanes) is 8.